The van der Waals surface area contributed by atoms with Gasteiger partial charge in [0, 0.05) is 31.6 Å². The third-order valence-electron chi connectivity index (χ3n) is 1.75. The minimum Gasteiger partial charge on any atom is -0.314 e. The minimum absolute atomic E-state index is 0.293. The van der Waals surface area contributed by atoms with Crippen molar-refractivity contribution in [2.24, 2.45) is 7.05 Å². The molecule has 2 aromatic heterocycles. The number of H-pyrrole nitrogens is 3. The number of nitrogens with zero attached hydrogens (tertiary/aromatic N) is 1. The van der Waals surface area contributed by atoms with Crippen molar-refractivity contribution in [1.82, 2.24) is 19.5 Å². The van der Waals surface area contributed by atoms with Crippen molar-refractivity contribution < 1.29 is 0 Å². The Morgan fingerprint density at radius 1 is 1.00 bits per heavy atom. The van der Waals surface area contributed by atoms with Crippen LogP contribution in [0.4, 0.5) is 0 Å². The van der Waals surface area contributed by atoms with Gasteiger partial charge in [0.05, 0.1) is 0 Å². The van der Waals surface area contributed by atoms with Crippen LogP contribution in [0.1, 0.15) is 0 Å². The number of nitrogens with one attached hydrogen (secondary N) is 3. The van der Waals surface area contributed by atoms with Gasteiger partial charge in [0.25, 0.3) is 11.1 Å². The zero-order valence-electron chi connectivity index (χ0n) is 8.89. The van der Waals surface area contributed by atoms with E-state index in [2.05, 4.69) is 9.97 Å². The Labute approximate surface area is 93.6 Å². The van der Waals surface area contributed by atoms with Gasteiger partial charge in [0.15, 0.2) is 0 Å². The summed E-state index contributed by atoms with van der Waals surface area (Å²) in [5, 5.41) is 0. The van der Waals surface area contributed by atoms with E-state index in [1.54, 1.807) is 0 Å². The summed E-state index contributed by atoms with van der Waals surface area (Å²) in [5.74, 6) is 0. The van der Waals surface area contributed by atoms with E-state index in [1.165, 1.54) is 31.6 Å². The summed E-state index contributed by atoms with van der Waals surface area (Å²) in [5.41, 5.74) is -1.53. The smallest absolute Gasteiger partial charge is 0.314 e. The summed E-state index contributed by atoms with van der Waals surface area (Å²) >= 11 is 0. The van der Waals surface area contributed by atoms with Gasteiger partial charge in [0.2, 0.25) is 0 Å². The van der Waals surface area contributed by atoms with Crippen LogP contribution in [-0.2, 0) is 7.05 Å². The Hall–Kier alpha value is -2.64. The maximum Gasteiger partial charge on any atom is 0.328 e. The topological polar surface area (TPSA) is 121 Å². The van der Waals surface area contributed by atoms with Gasteiger partial charge in [-0.2, -0.15) is 0 Å². The quantitative estimate of drug-likeness (QED) is 0.498. The minimum atomic E-state index is -0.475. The van der Waals surface area contributed by atoms with Crippen LogP contribution in [0.15, 0.2) is 43.7 Å². The zero-order chi connectivity index (χ0) is 12.8. The molecule has 0 aromatic carbocycles. The fraction of sp³-hybridized carbons (Fsp3) is 0.111. The molecule has 17 heavy (non-hydrogen) atoms. The first-order chi connectivity index (χ1) is 8.00. The molecule has 0 aliphatic rings. The highest BCUT2D eigenvalue weighted by atomic mass is 16.2. The molecule has 2 aromatic rings. The second kappa shape index (κ2) is 5.45. The van der Waals surface area contributed by atoms with Gasteiger partial charge >= 0.3 is 11.4 Å². The molecule has 8 heteroatoms. The van der Waals surface area contributed by atoms with E-state index in [1.807, 2.05) is 4.98 Å². The molecule has 0 saturated heterocycles. The van der Waals surface area contributed by atoms with Gasteiger partial charge in [-0.1, -0.05) is 0 Å². The number of hydrogen-bond donors (Lipinski definition) is 3. The first-order valence-corrected chi connectivity index (χ1v) is 4.53. The van der Waals surface area contributed by atoms with Crippen LogP contribution in [0.5, 0.6) is 0 Å². The summed E-state index contributed by atoms with van der Waals surface area (Å²) in [7, 11) is 1.42. The van der Waals surface area contributed by atoms with Crippen molar-refractivity contribution in [3.63, 3.8) is 0 Å². The lowest BCUT2D eigenvalue weighted by atomic mass is 10.6. The van der Waals surface area contributed by atoms with Crippen LogP contribution in [-0.4, -0.2) is 19.5 Å². The van der Waals surface area contributed by atoms with E-state index in [0.29, 0.717) is 0 Å². The van der Waals surface area contributed by atoms with Crippen molar-refractivity contribution in [3.05, 3.63) is 66.2 Å². The molecular formula is C9H10N4O4. The highest BCUT2D eigenvalue weighted by molar-refractivity contribution is 4.80. The molecule has 0 spiro atoms. The van der Waals surface area contributed by atoms with Crippen LogP contribution in [0.2, 0.25) is 0 Å². The Morgan fingerprint density at radius 2 is 1.65 bits per heavy atom. The van der Waals surface area contributed by atoms with Crippen molar-refractivity contribution in [1.29, 1.82) is 0 Å². The summed E-state index contributed by atoms with van der Waals surface area (Å²) in [6, 6.07) is 2.53. The van der Waals surface area contributed by atoms with Gasteiger partial charge in [-0.25, -0.2) is 9.59 Å². The lowest BCUT2D eigenvalue weighted by molar-refractivity contribution is 0.775. The summed E-state index contributed by atoms with van der Waals surface area (Å²) in [6.45, 7) is 0. The van der Waals surface area contributed by atoms with Crippen LogP contribution in [0.25, 0.3) is 0 Å². The molecule has 0 bridgehead atoms. The number of rotatable bonds is 0. The first kappa shape index (κ1) is 12.4. The largest absolute Gasteiger partial charge is 0.328 e. The molecule has 8 nitrogen and oxygen atoms in total. The molecule has 0 fully saturated rings. The van der Waals surface area contributed by atoms with E-state index in [9.17, 15) is 19.2 Å². The average Bonchev–Trinajstić information content (AvgIpc) is 2.26. The Kier molecular flexibility index (Phi) is 3.98. The zero-order valence-corrected chi connectivity index (χ0v) is 8.89. The SMILES string of the molecule is Cn1c(=O)cc[nH]c1=O.O=c1cc[nH]c(=O)[nH]1. The van der Waals surface area contributed by atoms with Gasteiger partial charge in [-0.3, -0.25) is 19.1 Å². The van der Waals surface area contributed by atoms with E-state index in [0.717, 1.165) is 4.57 Å². The monoisotopic (exact) mass is 238 g/mol. The van der Waals surface area contributed by atoms with E-state index < -0.39 is 5.69 Å². The molecule has 90 valence electrons. The van der Waals surface area contributed by atoms with Gasteiger partial charge in [-0.15, -0.1) is 0 Å². The van der Waals surface area contributed by atoms with Crippen LogP contribution in [0, 0.1) is 0 Å². The molecule has 2 rings (SSSR count). The van der Waals surface area contributed by atoms with E-state index in [4.69, 9.17) is 0 Å². The summed E-state index contributed by atoms with van der Waals surface area (Å²) in [6.07, 6.45) is 2.62. The highest BCUT2D eigenvalue weighted by Gasteiger charge is 1.88. The summed E-state index contributed by atoms with van der Waals surface area (Å²) < 4.78 is 1.00. The normalized spacial score (nSPS) is 9.24. The fourth-order valence-corrected chi connectivity index (χ4v) is 0.876. The highest BCUT2D eigenvalue weighted by Crippen LogP contribution is 1.57. The number of aromatic nitrogens is 4. The number of aromatic amines is 3. The first-order valence-electron chi connectivity index (χ1n) is 4.53. The third kappa shape index (κ3) is 3.78. The third-order valence-corrected chi connectivity index (χ3v) is 1.75. The Bertz CT molecular complexity index is 652. The lowest BCUT2D eigenvalue weighted by Crippen LogP contribution is -2.30. The van der Waals surface area contributed by atoms with Gasteiger partial charge in [-0.05, 0) is 0 Å². The van der Waals surface area contributed by atoms with Crippen molar-refractivity contribution in [3.8, 4) is 0 Å². The standard InChI is InChI=1S/C5H6N2O2.C4H4N2O2/c1-7-4(8)2-3-6-5(7)9;7-3-1-2-5-4(8)6-3/h2-3H,1H3,(H,6,9);1-2H,(H2,5,6,7,8). The second-order valence-corrected chi connectivity index (χ2v) is 2.98. The lowest BCUT2D eigenvalue weighted by Gasteiger charge is -1.88. The second-order valence-electron chi connectivity index (χ2n) is 2.98. The van der Waals surface area contributed by atoms with Gasteiger partial charge in [0.1, 0.15) is 0 Å². The molecule has 0 unspecified atom stereocenters. The van der Waals surface area contributed by atoms with Crippen LogP contribution >= 0.6 is 0 Å². The molecule has 0 aliphatic heterocycles. The Balaban J connectivity index is 0.000000171. The van der Waals surface area contributed by atoms with E-state index >= 15 is 0 Å². The molecule has 0 aliphatic carbocycles. The van der Waals surface area contributed by atoms with Crippen molar-refractivity contribution >= 4 is 0 Å². The molecular weight excluding hydrogens is 228 g/mol. The van der Waals surface area contributed by atoms with Crippen molar-refractivity contribution in [2.75, 3.05) is 0 Å². The van der Waals surface area contributed by atoms with Gasteiger partial charge < -0.3 is 9.97 Å². The fourth-order valence-electron chi connectivity index (χ4n) is 0.876. The molecule has 2 heterocycles. The molecule has 0 amide bonds. The Morgan fingerprint density at radius 3 is 2.06 bits per heavy atom. The average molecular weight is 238 g/mol. The molecule has 3 N–H and O–H groups in total. The molecule has 0 saturated carbocycles. The molecule has 0 radical (unpaired) electrons. The van der Waals surface area contributed by atoms with Crippen LogP contribution < -0.4 is 22.5 Å². The van der Waals surface area contributed by atoms with Crippen LogP contribution in [0.3, 0.4) is 0 Å². The predicted molar refractivity (Wildman–Crippen MR) is 60.0 cm³/mol. The van der Waals surface area contributed by atoms with Crippen molar-refractivity contribution in [2.45, 2.75) is 0 Å². The number of hydrogen-bond acceptors (Lipinski definition) is 4. The predicted octanol–water partition coefficient (Wildman–Crippen LogP) is -1.86. The van der Waals surface area contributed by atoms with E-state index in [-0.39, 0.29) is 16.8 Å². The maximum absolute atomic E-state index is 10.6. The maximum atomic E-state index is 10.6. The summed E-state index contributed by atoms with van der Waals surface area (Å²) in [4.78, 5) is 48.1. The molecule has 0 atom stereocenters.